The van der Waals surface area contributed by atoms with Crippen LogP contribution in [-0.4, -0.2) is 30.2 Å². The van der Waals surface area contributed by atoms with Crippen LogP contribution in [0.15, 0.2) is 0 Å². The Morgan fingerprint density at radius 3 is 2.24 bits per heavy atom. The van der Waals surface area contributed by atoms with Gasteiger partial charge in [-0.15, -0.1) is 0 Å². The maximum absolute atomic E-state index is 12.2. The third-order valence-corrected chi connectivity index (χ3v) is 2.87. The van der Waals surface area contributed by atoms with Crippen LogP contribution in [0.5, 0.6) is 0 Å². The molecule has 0 aromatic heterocycles. The summed E-state index contributed by atoms with van der Waals surface area (Å²) in [6.45, 7) is 12.3. The molecule has 0 aliphatic carbocycles. The van der Waals surface area contributed by atoms with E-state index in [1.807, 2.05) is 0 Å². The van der Waals surface area contributed by atoms with Crippen molar-refractivity contribution in [3.8, 4) is 0 Å². The third-order valence-electron chi connectivity index (χ3n) is 2.87. The maximum Gasteiger partial charge on any atom is 0.408 e. The van der Waals surface area contributed by atoms with Crippen molar-refractivity contribution < 1.29 is 14.3 Å². The molecular formula is C16H32N2O3. The number of hydrogen-bond donors (Lipinski definition) is 2. The van der Waals surface area contributed by atoms with Crippen LogP contribution in [0.2, 0.25) is 0 Å². The second kappa shape index (κ2) is 9.64. The number of carbonyl (C=O) groups is 2. The Bertz CT molecular complexity index is 322. The van der Waals surface area contributed by atoms with E-state index in [4.69, 9.17) is 4.74 Å². The van der Waals surface area contributed by atoms with E-state index in [9.17, 15) is 9.59 Å². The largest absolute Gasteiger partial charge is 0.444 e. The number of carbonyl (C=O) groups excluding carboxylic acids is 2. The van der Waals surface area contributed by atoms with Gasteiger partial charge in [-0.1, -0.05) is 33.6 Å². The monoisotopic (exact) mass is 300 g/mol. The van der Waals surface area contributed by atoms with Crippen LogP contribution in [0.25, 0.3) is 0 Å². The van der Waals surface area contributed by atoms with E-state index < -0.39 is 17.7 Å². The molecule has 0 aliphatic rings. The molecule has 0 saturated heterocycles. The van der Waals surface area contributed by atoms with Crippen LogP contribution >= 0.6 is 0 Å². The average molecular weight is 300 g/mol. The molecule has 0 spiro atoms. The van der Waals surface area contributed by atoms with Gasteiger partial charge in [0, 0.05) is 6.54 Å². The van der Waals surface area contributed by atoms with Crippen molar-refractivity contribution in [2.45, 2.75) is 78.9 Å². The summed E-state index contributed by atoms with van der Waals surface area (Å²) >= 11 is 0. The number of amides is 2. The summed E-state index contributed by atoms with van der Waals surface area (Å²) in [7, 11) is 0. The Morgan fingerprint density at radius 2 is 1.76 bits per heavy atom. The van der Waals surface area contributed by atoms with Gasteiger partial charge >= 0.3 is 6.09 Å². The van der Waals surface area contributed by atoms with Crippen molar-refractivity contribution in [1.29, 1.82) is 0 Å². The second-order valence-electron chi connectivity index (χ2n) is 6.81. The van der Waals surface area contributed by atoms with Gasteiger partial charge in [0.1, 0.15) is 11.6 Å². The van der Waals surface area contributed by atoms with E-state index in [-0.39, 0.29) is 5.91 Å². The molecule has 0 aliphatic heterocycles. The molecule has 5 heteroatoms. The number of nitrogens with one attached hydrogen (secondary N) is 2. The van der Waals surface area contributed by atoms with E-state index in [0.29, 0.717) is 18.9 Å². The van der Waals surface area contributed by atoms with E-state index in [2.05, 4.69) is 31.4 Å². The van der Waals surface area contributed by atoms with Gasteiger partial charge in [0.25, 0.3) is 0 Å². The Balaban J connectivity index is 4.42. The van der Waals surface area contributed by atoms with Crippen molar-refractivity contribution in [3.63, 3.8) is 0 Å². The molecule has 0 aromatic carbocycles. The Morgan fingerprint density at radius 1 is 1.14 bits per heavy atom. The number of ether oxygens (including phenoxy) is 1. The van der Waals surface area contributed by atoms with Crippen LogP contribution in [-0.2, 0) is 9.53 Å². The first-order valence-corrected chi connectivity index (χ1v) is 7.93. The molecule has 0 bridgehead atoms. The first-order valence-electron chi connectivity index (χ1n) is 7.93. The van der Waals surface area contributed by atoms with E-state index in [1.165, 1.54) is 0 Å². The quantitative estimate of drug-likeness (QED) is 0.723. The fraction of sp³-hybridized carbons (Fsp3) is 0.875. The minimum atomic E-state index is -0.562. The lowest BCUT2D eigenvalue weighted by atomic mass is 10.1. The predicted molar refractivity (Wildman–Crippen MR) is 85.1 cm³/mol. The van der Waals surface area contributed by atoms with Gasteiger partial charge in [-0.05, 0) is 39.5 Å². The van der Waals surface area contributed by atoms with Gasteiger partial charge in [-0.25, -0.2) is 4.79 Å². The first-order chi connectivity index (χ1) is 9.65. The summed E-state index contributed by atoms with van der Waals surface area (Å²) in [5.41, 5.74) is -0.562. The summed E-state index contributed by atoms with van der Waals surface area (Å²) in [6.07, 6.45) is 2.88. The first kappa shape index (κ1) is 19.7. The molecule has 2 amide bonds. The van der Waals surface area contributed by atoms with Crippen LogP contribution in [0.4, 0.5) is 4.79 Å². The smallest absolute Gasteiger partial charge is 0.408 e. The lowest BCUT2D eigenvalue weighted by Crippen LogP contribution is -2.48. The van der Waals surface area contributed by atoms with Gasteiger partial charge in [-0.3, -0.25) is 4.79 Å². The van der Waals surface area contributed by atoms with Crippen LogP contribution in [0, 0.1) is 5.92 Å². The minimum Gasteiger partial charge on any atom is -0.444 e. The molecule has 0 radical (unpaired) electrons. The molecule has 0 aromatic rings. The zero-order valence-corrected chi connectivity index (χ0v) is 14.4. The van der Waals surface area contributed by atoms with Gasteiger partial charge in [-0.2, -0.15) is 0 Å². The highest BCUT2D eigenvalue weighted by Gasteiger charge is 2.23. The molecule has 0 rings (SSSR count). The predicted octanol–water partition coefficient (Wildman–Crippen LogP) is 3.23. The average Bonchev–Trinajstić information content (AvgIpc) is 2.31. The van der Waals surface area contributed by atoms with Gasteiger partial charge in [0.15, 0.2) is 0 Å². The van der Waals surface area contributed by atoms with Gasteiger partial charge < -0.3 is 15.4 Å². The molecule has 5 nitrogen and oxygen atoms in total. The molecule has 2 N–H and O–H groups in total. The van der Waals surface area contributed by atoms with Crippen molar-refractivity contribution >= 4 is 12.0 Å². The number of hydrogen-bond acceptors (Lipinski definition) is 3. The minimum absolute atomic E-state index is 0.130. The highest BCUT2D eigenvalue weighted by atomic mass is 16.6. The molecule has 21 heavy (non-hydrogen) atoms. The molecule has 1 atom stereocenters. The zero-order valence-electron chi connectivity index (χ0n) is 14.4. The molecule has 0 heterocycles. The molecule has 124 valence electrons. The van der Waals surface area contributed by atoms with Crippen molar-refractivity contribution in [1.82, 2.24) is 10.6 Å². The molecular weight excluding hydrogens is 268 g/mol. The van der Waals surface area contributed by atoms with E-state index >= 15 is 0 Å². The molecule has 0 saturated carbocycles. The Hall–Kier alpha value is -1.26. The van der Waals surface area contributed by atoms with Crippen LogP contribution in [0.3, 0.4) is 0 Å². The lowest BCUT2D eigenvalue weighted by Gasteiger charge is -2.23. The van der Waals surface area contributed by atoms with Crippen molar-refractivity contribution in [3.05, 3.63) is 0 Å². The SMILES string of the molecule is CCCC[C@H](NC(=O)OC(C)(C)C)C(=O)NCCC(C)C. The topological polar surface area (TPSA) is 67.4 Å². The van der Waals surface area contributed by atoms with Crippen molar-refractivity contribution in [2.75, 3.05) is 6.54 Å². The van der Waals surface area contributed by atoms with Crippen molar-refractivity contribution in [2.24, 2.45) is 5.92 Å². The summed E-state index contributed by atoms with van der Waals surface area (Å²) in [4.78, 5) is 24.0. The highest BCUT2D eigenvalue weighted by Crippen LogP contribution is 2.08. The lowest BCUT2D eigenvalue weighted by molar-refractivity contribution is -0.123. The summed E-state index contributed by atoms with van der Waals surface area (Å²) in [5, 5.41) is 5.56. The van der Waals surface area contributed by atoms with E-state index in [1.54, 1.807) is 20.8 Å². The van der Waals surface area contributed by atoms with E-state index in [0.717, 1.165) is 19.3 Å². The Kier molecular flexibility index (Phi) is 9.06. The van der Waals surface area contributed by atoms with Crippen LogP contribution < -0.4 is 10.6 Å². The molecule has 0 fully saturated rings. The van der Waals surface area contributed by atoms with Gasteiger partial charge in [0.2, 0.25) is 5.91 Å². The summed E-state index contributed by atoms with van der Waals surface area (Å²) in [6, 6.07) is -0.521. The highest BCUT2D eigenvalue weighted by molar-refractivity contribution is 5.85. The summed E-state index contributed by atoms with van der Waals surface area (Å²) in [5.74, 6) is 0.410. The number of unbranched alkanes of at least 4 members (excludes halogenated alkanes) is 1. The van der Waals surface area contributed by atoms with Crippen LogP contribution in [0.1, 0.15) is 67.2 Å². The zero-order chi connectivity index (χ0) is 16.5. The summed E-state index contributed by atoms with van der Waals surface area (Å²) < 4.78 is 5.21. The fourth-order valence-electron chi connectivity index (χ4n) is 1.73. The third kappa shape index (κ3) is 11.1. The van der Waals surface area contributed by atoms with Gasteiger partial charge in [0.05, 0.1) is 0 Å². The maximum atomic E-state index is 12.2. The fourth-order valence-corrected chi connectivity index (χ4v) is 1.73. The normalized spacial score (nSPS) is 12.9. The number of rotatable bonds is 8. The molecule has 0 unspecified atom stereocenters. The Labute approximate surface area is 129 Å². The standard InChI is InChI=1S/C16H32N2O3/c1-7-8-9-13(14(19)17-11-10-12(2)3)18-15(20)21-16(4,5)6/h12-13H,7-11H2,1-6H3,(H,17,19)(H,18,20)/t13-/m0/s1. The second-order valence-corrected chi connectivity index (χ2v) is 6.81. The number of alkyl carbamates (subject to hydrolysis) is 1.